The first kappa shape index (κ1) is 14.0. The van der Waals surface area contributed by atoms with E-state index in [9.17, 15) is 0 Å². The van der Waals surface area contributed by atoms with Crippen LogP contribution in [0.3, 0.4) is 0 Å². The van der Waals surface area contributed by atoms with Crippen molar-refractivity contribution in [2.75, 3.05) is 0 Å². The molecule has 0 heterocycles. The molecule has 0 aromatic carbocycles. The van der Waals surface area contributed by atoms with Crippen molar-refractivity contribution in [1.82, 2.24) is 0 Å². The van der Waals surface area contributed by atoms with Crippen LogP contribution in [0.15, 0.2) is 0 Å². The van der Waals surface area contributed by atoms with E-state index in [1.54, 1.807) is 0 Å². The van der Waals surface area contributed by atoms with E-state index in [0.717, 1.165) is 17.8 Å². The molecule has 0 aliphatic carbocycles. The summed E-state index contributed by atoms with van der Waals surface area (Å²) in [5.74, 6) is 2.79. The first-order chi connectivity index (χ1) is 6.61. The first-order valence-electron chi connectivity index (χ1n) is 6.61. The normalized spacial score (nSPS) is 15.9. The van der Waals surface area contributed by atoms with Gasteiger partial charge in [-0.1, -0.05) is 73.1 Å². The first-order valence-corrected chi connectivity index (χ1v) is 6.61. The summed E-state index contributed by atoms with van der Waals surface area (Å²) in [6, 6.07) is 0. The summed E-state index contributed by atoms with van der Waals surface area (Å²) in [5.41, 5.74) is 0. The molecule has 0 amide bonds. The van der Waals surface area contributed by atoms with Gasteiger partial charge in [0.25, 0.3) is 0 Å². The Morgan fingerprint density at radius 2 is 1.50 bits per heavy atom. The summed E-state index contributed by atoms with van der Waals surface area (Å²) in [4.78, 5) is 0. The summed E-state index contributed by atoms with van der Waals surface area (Å²) >= 11 is 0. The Labute approximate surface area is 91.5 Å². The minimum Gasteiger partial charge on any atom is -0.0654 e. The standard InChI is InChI=1S/C14H30/c1-6-9-13(5)10-8-11-14(7-2)12(3)4/h12-14H,6-11H2,1-5H3. The van der Waals surface area contributed by atoms with Crippen LogP contribution < -0.4 is 0 Å². The van der Waals surface area contributed by atoms with Gasteiger partial charge in [-0.2, -0.15) is 0 Å². The lowest BCUT2D eigenvalue weighted by molar-refractivity contribution is 0.323. The van der Waals surface area contributed by atoms with Gasteiger partial charge < -0.3 is 0 Å². The lowest BCUT2D eigenvalue weighted by Gasteiger charge is -2.19. The van der Waals surface area contributed by atoms with E-state index in [1.165, 1.54) is 38.5 Å². The van der Waals surface area contributed by atoms with Crippen molar-refractivity contribution in [3.8, 4) is 0 Å². The Morgan fingerprint density at radius 1 is 0.857 bits per heavy atom. The van der Waals surface area contributed by atoms with Crippen molar-refractivity contribution in [1.29, 1.82) is 0 Å². The number of hydrogen-bond donors (Lipinski definition) is 0. The van der Waals surface area contributed by atoms with Crippen LogP contribution in [-0.2, 0) is 0 Å². The van der Waals surface area contributed by atoms with E-state index in [1.807, 2.05) is 0 Å². The highest BCUT2D eigenvalue weighted by Gasteiger charge is 2.11. The van der Waals surface area contributed by atoms with E-state index < -0.39 is 0 Å². The van der Waals surface area contributed by atoms with E-state index in [0.29, 0.717) is 0 Å². The average Bonchev–Trinajstić information content (AvgIpc) is 2.12. The molecular formula is C14H30. The zero-order valence-corrected chi connectivity index (χ0v) is 11.0. The topological polar surface area (TPSA) is 0 Å². The predicted octanol–water partition coefficient (Wildman–Crippen LogP) is 5.28. The third kappa shape index (κ3) is 6.45. The van der Waals surface area contributed by atoms with Crippen LogP contribution in [0.5, 0.6) is 0 Å². The maximum absolute atomic E-state index is 2.40. The highest BCUT2D eigenvalue weighted by Crippen LogP contribution is 2.23. The molecule has 0 fully saturated rings. The highest BCUT2D eigenvalue weighted by molar-refractivity contribution is 4.62. The molecule has 86 valence electrons. The fourth-order valence-electron chi connectivity index (χ4n) is 2.37. The molecule has 0 saturated heterocycles. The Kier molecular flexibility index (Phi) is 8.32. The molecule has 0 aromatic rings. The lowest BCUT2D eigenvalue weighted by Crippen LogP contribution is -2.08. The summed E-state index contributed by atoms with van der Waals surface area (Å²) in [6.45, 7) is 11.8. The molecule has 0 heteroatoms. The maximum atomic E-state index is 2.40. The molecule has 0 spiro atoms. The van der Waals surface area contributed by atoms with E-state index in [-0.39, 0.29) is 0 Å². The molecule has 0 N–H and O–H groups in total. The molecule has 0 nitrogen and oxygen atoms in total. The minimum atomic E-state index is 0.876. The summed E-state index contributed by atoms with van der Waals surface area (Å²) in [6.07, 6.45) is 8.46. The van der Waals surface area contributed by atoms with Gasteiger partial charge in [-0.25, -0.2) is 0 Å². The molecule has 0 rings (SSSR count). The molecule has 0 saturated carbocycles. The quantitative estimate of drug-likeness (QED) is 0.498. The largest absolute Gasteiger partial charge is 0.0654 e. The molecule has 14 heavy (non-hydrogen) atoms. The van der Waals surface area contributed by atoms with E-state index in [4.69, 9.17) is 0 Å². The van der Waals surface area contributed by atoms with Crippen LogP contribution in [0.4, 0.5) is 0 Å². The fourth-order valence-corrected chi connectivity index (χ4v) is 2.37. The zero-order chi connectivity index (χ0) is 11.0. The van der Waals surface area contributed by atoms with Crippen molar-refractivity contribution in [2.45, 2.75) is 73.1 Å². The molecule has 2 unspecified atom stereocenters. The van der Waals surface area contributed by atoms with Crippen LogP contribution in [0.25, 0.3) is 0 Å². The maximum Gasteiger partial charge on any atom is -0.0394 e. The minimum absolute atomic E-state index is 0.876. The highest BCUT2D eigenvalue weighted by atomic mass is 14.2. The Morgan fingerprint density at radius 3 is 1.93 bits per heavy atom. The summed E-state index contributed by atoms with van der Waals surface area (Å²) < 4.78 is 0. The van der Waals surface area contributed by atoms with Gasteiger partial charge in [0, 0.05) is 0 Å². The van der Waals surface area contributed by atoms with E-state index in [2.05, 4.69) is 34.6 Å². The molecule has 0 radical (unpaired) electrons. The SMILES string of the molecule is CCCC(C)CCCC(CC)C(C)C. The van der Waals surface area contributed by atoms with Gasteiger partial charge in [-0.15, -0.1) is 0 Å². The van der Waals surface area contributed by atoms with Crippen LogP contribution in [0, 0.1) is 17.8 Å². The van der Waals surface area contributed by atoms with Gasteiger partial charge in [-0.3, -0.25) is 0 Å². The Hall–Kier alpha value is 0. The van der Waals surface area contributed by atoms with Crippen LogP contribution in [0.1, 0.15) is 73.1 Å². The van der Waals surface area contributed by atoms with E-state index >= 15 is 0 Å². The number of rotatable bonds is 8. The van der Waals surface area contributed by atoms with Crippen LogP contribution in [0.2, 0.25) is 0 Å². The Balaban J connectivity index is 3.50. The third-order valence-corrected chi connectivity index (χ3v) is 3.52. The second kappa shape index (κ2) is 8.32. The van der Waals surface area contributed by atoms with Crippen molar-refractivity contribution in [2.24, 2.45) is 17.8 Å². The molecule has 2 atom stereocenters. The second-order valence-electron chi connectivity index (χ2n) is 5.24. The predicted molar refractivity (Wildman–Crippen MR) is 66.5 cm³/mol. The van der Waals surface area contributed by atoms with Crippen molar-refractivity contribution < 1.29 is 0 Å². The van der Waals surface area contributed by atoms with Crippen molar-refractivity contribution >= 4 is 0 Å². The second-order valence-corrected chi connectivity index (χ2v) is 5.24. The van der Waals surface area contributed by atoms with Gasteiger partial charge in [0.1, 0.15) is 0 Å². The molecule has 0 aromatic heterocycles. The molecule has 0 bridgehead atoms. The van der Waals surface area contributed by atoms with Gasteiger partial charge in [0.15, 0.2) is 0 Å². The molecule has 0 aliphatic heterocycles. The van der Waals surface area contributed by atoms with Crippen LogP contribution >= 0.6 is 0 Å². The Bertz CT molecular complexity index is 115. The molecular weight excluding hydrogens is 168 g/mol. The average molecular weight is 198 g/mol. The van der Waals surface area contributed by atoms with Crippen LogP contribution in [-0.4, -0.2) is 0 Å². The van der Waals surface area contributed by atoms with Gasteiger partial charge in [0.2, 0.25) is 0 Å². The van der Waals surface area contributed by atoms with Crippen molar-refractivity contribution in [3.05, 3.63) is 0 Å². The third-order valence-electron chi connectivity index (χ3n) is 3.52. The zero-order valence-electron chi connectivity index (χ0n) is 11.0. The van der Waals surface area contributed by atoms with Gasteiger partial charge >= 0.3 is 0 Å². The summed E-state index contributed by atoms with van der Waals surface area (Å²) in [7, 11) is 0. The van der Waals surface area contributed by atoms with Gasteiger partial charge in [-0.05, 0) is 17.8 Å². The molecule has 0 aliphatic rings. The number of hydrogen-bond acceptors (Lipinski definition) is 0. The monoisotopic (exact) mass is 198 g/mol. The lowest BCUT2D eigenvalue weighted by atomic mass is 9.87. The van der Waals surface area contributed by atoms with Crippen molar-refractivity contribution in [3.63, 3.8) is 0 Å². The fraction of sp³-hybridized carbons (Fsp3) is 1.00. The summed E-state index contributed by atoms with van der Waals surface area (Å²) in [5, 5.41) is 0. The van der Waals surface area contributed by atoms with Gasteiger partial charge in [0.05, 0.1) is 0 Å². The smallest absolute Gasteiger partial charge is 0.0394 e.